The molecule has 32 heavy (non-hydrogen) atoms. The Morgan fingerprint density at radius 1 is 0.938 bits per heavy atom. The van der Waals surface area contributed by atoms with Crippen molar-refractivity contribution in [2.75, 3.05) is 31.5 Å². The molecule has 1 N–H and O–H groups in total. The Hall–Kier alpha value is -3.07. The maximum absolute atomic E-state index is 13.3. The summed E-state index contributed by atoms with van der Waals surface area (Å²) in [4.78, 5) is 19.5. The number of sulfonamides is 1. The van der Waals surface area contributed by atoms with E-state index in [0.29, 0.717) is 26.2 Å². The summed E-state index contributed by atoms with van der Waals surface area (Å²) in [6, 6.07) is 19.9. The molecule has 0 radical (unpaired) electrons. The minimum absolute atomic E-state index is 0.136. The fourth-order valence-electron chi connectivity index (χ4n) is 3.86. The van der Waals surface area contributed by atoms with Crippen LogP contribution in [0.2, 0.25) is 0 Å². The number of hydrogen-bond donors (Lipinski definition) is 1. The number of carbonyl (C=O) groups is 1. The summed E-state index contributed by atoms with van der Waals surface area (Å²) in [5.41, 5.74) is 2.73. The van der Waals surface area contributed by atoms with Gasteiger partial charge in [-0.15, -0.1) is 0 Å². The Morgan fingerprint density at radius 2 is 1.62 bits per heavy atom. The van der Waals surface area contributed by atoms with Gasteiger partial charge in [-0.25, -0.2) is 8.42 Å². The lowest BCUT2D eigenvalue weighted by Gasteiger charge is -2.38. The Labute approximate surface area is 188 Å². The normalized spacial score (nSPS) is 16.4. The van der Waals surface area contributed by atoms with Crippen LogP contribution in [-0.2, 0) is 14.8 Å². The second-order valence-corrected chi connectivity index (χ2v) is 9.74. The predicted molar refractivity (Wildman–Crippen MR) is 124 cm³/mol. The van der Waals surface area contributed by atoms with Gasteiger partial charge in [0.1, 0.15) is 10.9 Å². The quantitative estimate of drug-likeness (QED) is 0.624. The van der Waals surface area contributed by atoms with Crippen LogP contribution in [0.4, 0.5) is 5.69 Å². The van der Waals surface area contributed by atoms with Crippen LogP contribution >= 0.6 is 0 Å². The van der Waals surface area contributed by atoms with Crippen molar-refractivity contribution >= 4 is 21.6 Å². The molecule has 0 bridgehead atoms. The lowest BCUT2D eigenvalue weighted by molar-refractivity contribution is -0.122. The van der Waals surface area contributed by atoms with Gasteiger partial charge in [-0.1, -0.05) is 48.0 Å². The number of amides is 1. The Bertz CT molecular complexity index is 1140. The Morgan fingerprint density at radius 3 is 2.25 bits per heavy atom. The van der Waals surface area contributed by atoms with E-state index in [1.54, 1.807) is 18.3 Å². The second kappa shape index (κ2) is 9.60. The van der Waals surface area contributed by atoms with Gasteiger partial charge in [0, 0.05) is 44.3 Å². The maximum atomic E-state index is 13.3. The number of carbonyl (C=O) groups excluding carboxylic acids is 1. The van der Waals surface area contributed by atoms with Crippen molar-refractivity contribution in [2.45, 2.75) is 17.9 Å². The molecule has 1 aromatic heterocycles. The molecule has 166 valence electrons. The average Bonchev–Trinajstić information content (AvgIpc) is 2.82. The van der Waals surface area contributed by atoms with E-state index < -0.39 is 16.1 Å². The van der Waals surface area contributed by atoms with Crippen molar-refractivity contribution in [1.82, 2.24) is 14.2 Å². The number of rotatable bonds is 6. The van der Waals surface area contributed by atoms with Crippen LogP contribution in [0.15, 0.2) is 84.0 Å². The summed E-state index contributed by atoms with van der Waals surface area (Å²) >= 11 is 0. The van der Waals surface area contributed by atoms with Crippen LogP contribution in [0.3, 0.4) is 0 Å². The number of benzene rings is 2. The highest BCUT2D eigenvalue weighted by atomic mass is 32.2. The molecule has 0 aliphatic carbocycles. The van der Waals surface area contributed by atoms with Gasteiger partial charge in [-0.2, -0.15) is 4.31 Å². The summed E-state index contributed by atoms with van der Waals surface area (Å²) in [5.74, 6) is -0.136. The van der Waals surface area contributed by atoms with Gasteiger partial charge in [0.25, 0.3) is 0 Å². The van der Waals surface area contributed by atoms with E-state index in [1.807, 2.05) is 66.4 Å². The summed E-state index contributed by atoms with van der Waals surface area (Å²) in [6.07, 6.45) is 2.91. The molecule has 1 atom stereocenters. The highest BCUT2D eigenvalue weighted by Gasteiger charge is 2.34. The SMILES string of the molecule is Cc1ccc(NC(=O)C(c2ccccc2)N2CCN(S(=O)(=O)c3cccnc3)CC2)cc1. The van der Waals surface area contributed by atoms with Crippen LogP contribution < -0.4 is 5.32 Å². The molecule has 8 heteroatoms. The zero-order valence-electron chi connectivity index (χ0n) is 17.9. The highest BCUT2D eigenvalue weighted by molar-refractivity contribution is 7.89. The van der Waals surface area contributed by atoms with Crippen molar-refractivity contribution in [2.24, 2.45) is 0 Å². The van der Waals surface area contributed by atoms with Crippen molar-refractivity contribution in [3.05, 3.63) is 90.3 Å². The van der Waals surface area contributed by atoms with E-state index in [2.05, 4.69) is 10.3 Å². The van der Waals surface area contributed by atoms with Gasteiger partial charge in [0.05, 0.1) is 0 Å². The van der Waals surface area contributed by atoms with E-state index in [4.69, 9.17) is 0 Å². The fourth-order valence-corrected chi connectivity index (χ4v) is 5.25. The molecule has 0 saturated carbocycles. The molecule has 4 rings (SSSR count). The van der Waals surface area contributed by atoms with E-state index in [0.717, 1.165) is 16.8 Å². The Kier molecular flexibility index (Phi) is 6.64. The van der Waals surface area contributed by atoms with Crippen LogP contribution in [0.1, 0.15) is 17.2 Å². The summed E-state index contributed by atoms with van der Waals surface area (Å²) in [7, 11) is -3.61. The van der Waals surface area contributed by atoms with Crippen LogP contribution in [0.5, 0.6) is 0 Å². The van der Waals surface area contributed by atoms with Crippen molar-refractivity contribution in [1.29, 1.82) is 0 Å². The molecule has 1 fully saturated rings. The molecule has 0 spiro atoms. The van der Waals surface area contributed by atoms with Crippen LogP contribution in [0, 0.1) is 6.92 Å². The first-order chi connectivity index (χ1) is 15.4. The molecular formula is C24H26N4O3S. The largest absolute Gasteiger partial charge is 0.324 e. The minimum atomic E-state index is -3.61. The maximum Gasteiger partial charge on any atom is 0.246 e. The molecule has 3 aromatic rings. The van der Waals surface area contributed by atoms with Gasteiger partial charge in [-0.3, -0.25) is 14.7 Å². The lowest BCUT2D eigenvalue weighted by Crippen LogP contribution is -2.51. The van der Waals surface area contributed by atoms with E-state index in [9.17, 15) is 13.2 Å². The number of nitrogens with one attached hydrogen (secondary N) is 1. The molecule has 2 heterocycles. The second-order valence-electron chi connectivity index (χ2n) is 7.80. The Balaban J connectivity index is 1.52. The standard InChI is InChI=1S/C24H26N4O3S/c1-19-9-11-21(12-10-19)26-24(29)23(20-6-3-2-4-7-20)27-14-16-28(17-15-27)32(30,31)22-8-5-13-25-18-22/h2-13,18,23H,14-17H2,1H3,(H,26,29). The zero-order valence-corrected chi connectivity index (χ0v) is 18.7. The van der Waals surface area contributed by atoms with E-state index in [1.165, 1.54) is 10.5 Å². The number of piperazine rings is 1. The monoisotopic (exact) mass is 450 g/mol. The first-order valence-corrected chi connectivity index (χ1v) is 12.0. The zero-order chi connectivity index (χ0) is 22.6. The van der Waals surface area contributed by atoms with Crippen molar-refractivity contribution in [3.8, 4) is 0 Å². The molecule has 1 aliphatic rings. The van der Waals surface area contributed by atoms with E-state index >= 15 is 0 Å². The van der Waals surface area contributed by atoms with Crippen molar-refractivity contribution < 1.29 is 13.2 Å². The summed E-state index contributed by atoms with van der Waals surface area (Å²) < 4.78 is 27.3. The highest BCUT2D eigenvalue weighted by Crippen LogP contribution is 2.26. The van der Waals surface area contributed by atoms with Gasteiger partial charge in [0.2, 0.25) is 15.9 Å². The topological polar surface area (TPSA) is 82.6 Å². The molecule has 1 aliphatic heterocycles. The molecule has 1 saturated heterocycles. The third kappa shape index (κ3) is 4.88. The number of anilines is 1. The van der Waals surface area contributed by atoms with E-state index in [-0.39, 0.29) is 10.8 Å². The van der Waals surface area contributed by atoms with Gasteiger partial charge >= 0.3 is 0 Å². The number of pyridine rings is 1. The molecule has 7 nitrogen and oxygen atoms in total. The number of nitrogens with zero attached hydrogens (tertiary/aromatic N) is 3. The van der Waals surface area contributed by atoms with Gasteiger partial charge in [-0.05, 0) is 36.8 Å². The number of hydrogen-bond acceptors (Lipinski definition) is 5. The summed E-state index contributed by atoms with van der Waals surface area (Å²) in [6.45, 7) is 3.49. The number of aryl methyl sites for hydroxylation is 1. The fraction of sp³-hybridized carbons (Fsp3) is 0.250. The molecule has 1 amide bonds. The molecule has 1 unspecified atom stereocenters. The smallest absolute Gasteiger partial charge is 0.246 e. The minimum Gasteiger partial charge on any atom is -0.324 e. The third-order valence-electron chi connectivity index (χ3n) is 5.59. The lowest BCUT2D eigenvalue weighted by atomic mass is 10.0. The molecule has 2 aromatic carbocycles. The van der Waals surface area contributed by atoms with Gasteiger partial charge < -0.3 is 5.32 Å². The average molecular weight is 451 g/mol. The van der Waals surface area contributed by atoms with Crippen LogP contribution in [-0.4, -0.2) is 54.7 Å². The molecular weight excluding hydrogens is 424 g/mol. The third-order valence-corrected chi connectivity index (χ3v) is 7.48. The van der Waals surface area contributed by atoms with Crippen molar-refractivity contribution in [3.63, 3.8) is 0 Å². The predicted octanol–water partition coefficient (Wildman–Crippen LogP) is 3.08. The first kappa shape index (κ1) is 22.1. The first-order valence-electron chi connectivity index (χ1n) is 10.5. The number of aromatic nitrogens is 1. The van der Waals surface area contributed by atoms with Gasteiger partial charge in [0.15, 0.2) is 0 Å². The summed E-state index contributed by atoms with van der Waals surface area (Å²) in [5, 5.41) is 3.01. The van der Waals surface area contributed by atoms with Crippen LogP contribution in [0.25, 0.3) is 0 Å².